The van der Waals surface area contributed by atoms with Crippen LogP contribution in [0.5, 0.6) is 0 Å². The molecule has 90 valence electrons. The minimum atomic E-state index is -1.38. The molecule has 2 atom stereocenters. The van der Waals surface area contributed by atoms with Gasteiger partial charge in [0.1, 0.15) is 22.8 Å². The van der Waals surface area contributed by atoms with E-state index in [2.05, 4.69) is 0 Å². The zero-order valence-electron chi connectivity index (χ0n) is 8.33. The lowest BCUT2D eigenvalue weighted by molar-refractivity contribution is 0.0147. The quantitative estimate of drug-likeness (QED) is 0.708. The highest BCUT2D eigenvalue weighted by molar-refractivity contribution is 6.30. The molecule has 0 heterocycles. The second-order valence-corrected chi connectivity index (χ2v) is 3.77. The van der Waals surface area contributed by atoms with Crippen molar-refractivity contribution in [2.24, 2.45) is 5.73 Å². The number of hydrogen-bond donors (Lipinski definition) is 3. The van der Waals surface area contributed by atoms with E-state index < -0.39 is 28.9 Å². The van der Waals surface area contributed by atoms with Gasteiger partial charge in [0, 0.05) is 0 Å². The molecule has 1 aromatic carbocycles. The Morgan fingerprint density at radius 1 is 1.25 bits per heavy atom. The highest BCUT2D eigenvalue weighted by atomic mass is 35.5. The summed E-state index contributed by atoms with van der Waals surface area (Å²) in [6.07, 6.45) is -2.41. The fourth-order valence-corrected chi connectivity index (χ4v) is 1.41. The molecule has 2 unspecified atom stereocenters. The van der Waals surface area contributed by atoms with Gasteiger partial charge in [0.25, 0.3) is 0 Å². The molecule has 16 heavy (non-hydrogen) atoms. The lowest BCUT2D eigenvalue weighted by Crippen LogP contribution is -2.22. The Bertz CT molecular complexity index is 353. The molecule has 6 heteroatoms. The monoisotopic (exact) mass is 251 g/mol. The van der Waals surface area contributed by atoms with Gasteiger partial charge in [-0.05, 0) is 30.7 Å². The zero-order chi connectivity index (χ0) is 12.3. The van der Waals surface area contributed by atoms with Gasteiger partial charge in [-0.3, -0.25) is 0 Å². The van der Waals surface area contributed by atoms with Gasteiger partial charge in [-0.2, -0.15) is 0 Å². The van der Waals surface area contributed by atoms with Crippen molar-refractivity contribution in [2.45, 2.75) is 18.6 Å². The topological polar surface area (TPSA) is 66.5 Å². The third-order valence-electron chi connectivity index (χ3n) is 2.17. The second kappa shape index (κ2) is 5.54. The summed E-state index contributed by atoms with van der Waals surface area (Å²) in [5.41, 5.74) is 5.12. The molecule has 3 nitrogen and oxygen atoms in total. The van der Waals surface area contributed by atoms with Crippen LogP contribution in [0.3, 0.4) is 0 Å². The fraction of sp³-hybridized carbons (Fsp3) is 0.400. The Balaban J connectivity index is 2.96. The van der Waals surface area contributed by atoms with Crippen molar-refractivity contribution >= 4 is 11.6 Å². The summed E-state index contributed by atoms with van der Waals surface area (Å²) in [5.74, 6) is -1.95. The predicted octanol–water partition coefficient (Wildman–Crippen LogP) is 1.36. The van der Waals surface area contributed by atoms with E-state index >= 15 is 0 Å². The van der Waals surface area contributed by atoms with Crippen LogP contribution in [0.1, 0.15) is 18.1 Å². The Morgan fingerprint density at radius 2 is 1.75 bits per heavy atom. The molecule has 0 radical (unpaired) electrons. The largest absolute Gasteiger partial charge is 0.390 e. The lowest BCUT2D eigenvalue weighted by atomic mass is 10.0. The molecule has 0 saturated heterocycles. The van der Waals surface area contributed by atoms with Gasteiger partial charge in [-0.25, -0.2) is 8.78 Å². The highest BCUT2D eigenvalue weighted by Gasteiger charge is 2.20. The number of aliphatic hydroxyl groups excluding tert-OH is 2. The van der Waals surface area contributed by atoms with Gasteiger partial charge >= 0.3 is 0 Å². The van der Waals surface area contributed by atoms with E-state index in [0.29, 0.717) is 0 Å². The molecule has 0 spiro atoms. The second-order valence-electron chi connectivity index (χ2n) is 3.39. The summed E-state index contributed by atoms with van der Waals surface area (Å²) < 4.78 is 26.1. The van der Waals surface area contributed by atoms with Crippen molar-refractivity contribution < 1.29 is 19.0 Å². The molecule has 0 aliphatic carbocycles. The van der Waals surface area contributed by atoms with Crippen LogP contribution in [0, 0.1) is 11.6 Å². The Kier molecular flexibility index (Phi) is 4.61. The van der Waals surface area contributed by atoms with Crippen LogP contribution in [0.25, 0.3) is 0 Å². The van der Waals surface area contributed by atoms with Crippen molar-refractivity contribution in [3.63, 3.8) is 0 Å². The van der Waals surface area contributed by atoms with Crippen molar-refractivity contribution in [3.05, 3.63) is 34.4 Å². The van der Waals surface area contributed by atoms with Crippen molar-refractivity contribution in [1.82, 2.24) is 0 Å². The summed E-state index contributed by atoms with van der Waals surface area (Å²) in [4.78, 5) is 0. The molecule has 0 saturated carbocycles. The third-order valence-corrected chi connectivity index (χ3v) is 2.54. The minimum Gasteiger partial charge on any atom is -0.390 e. The maximum absolute atomic E-state index is 13.1. The molecule has 0 aliphatic rings. The molecule has 1 rings (SSSR count). The van der Waals surface area contributed by atoms with E-state index in [4.69, 9.17) is 17.3 Å². The first-order valence-electron chi connectivity index (χ1n) is 4.68. The van der Waals surface area contributed by atoms with E-state index in [-0.39, 0.29) is 18.5 Å². The molecule has 0 amide bonds. The summed E-state index contributed by atoms with van der Waals surface area (Å²) >= 11 is 5.28. The van der Waals surface area contributed by atoms with Crippen molar-refractivity contribution in [3.8, 4) is 0 Å². The van der Waals surface area contributed by atoms with Crippen LogP contribution in [-0.4, -0.2) is 22.9 Å². The molecule has 1 aromatic rings. The Labute approximate surface area is 96.5 Å². The maximum atomic E-state index is 13.1. The van der Waals surface area contributed by atoms with E-state index in [1.165, 1.54) is 0 Å². The van der Waals surface area contributed by atoms with Crippen LogP contribution in [0.2, 0.25) is 5.02 Å². The van der Waals surface area contributed by atoms with Gasteiger partial charge < -0.3 is 15.9 Å². The molecule has 0 aromatic heterocycles. The Hall–Kier alpha value is -0.750. The SMILES string of the molecule is NCCC(O)C(O)c1cc(F)c(Cl)c(F)c1. The van der Waals surface area contributed by atoms with E-state index in [1.54, 1.807) is 0 Å². The van der Waals surface area contributed by atoms with E-state index in [9.17, 15) is 19.0 Å². The van der Waals surface area contributed by atoms with Crippen LogP contribution in [-0.2, 0) is 0 Å². The first kappa shape index (κ1) is 13.3. The van der Waals surface area contributed by atoms with Crippen molar-refractivity contribution in [2.75, 3.05) is 6.54 Å². The summed E-state index contributed by atoms with van der Waals surface area (Å²) in [7, 11) is 0. The molecule has 4 N–H and O–H groups in total. The average Bonchev–Trinajstić information content (AvgIpc) is 2.24. The normalized spacial score (nSPS) is 14.9. The molecule has 0 fully saturated rings. The minimum absolute atomic E-state index is 0.0691. The number of aliphatic hydroxyl groups is 2. The maximum Gasteiger partial charge on any atom is 0.145 e. The molecule has 0 aliphatic heterocycles. The number of benzene rings is 1. The number of hydrogen-bond acceptors (Lipinski definition) is 3. The smallest absolute Gasteiger partial charge is 0.145 e. The van der Waals surface area contributed by atoms with Crippen LogP contribution < -0.4 is 5.73 Å². The first-order valence-corrected chi connectivity index (χ1v) is 5.05. The number of rotatable bonds is 4. The summed E-state index contributed by atoms with van der Waals surface area (Å²) in [5, 5.41) is 18.4. The number of nitrogens with two attached hydrogens (primary N) is 1. The molecular weight excluding hydrogens is 240 g/mol. The zero-order valence-corrected chi connectivity index (χ0v) is 9.09. The summed E-state index contributed by atoms with van der Waals surface area (Å²) in [6, 6.07) is 1.77. The Morgan fingerprint density at radius 3 is 2.19 bits per heavy atom. The van der Waals surface area contributed by atoms with Crippen LogP contribution in [0.15, 0.2) is 12.1 Å². The number of halogens is 3. The summed E-state index contributed by atoms with van der Waals surface area (Å²) in [6.45, 7) is 0.163. The molecule has 0 bridgehead atoms. The first-order chi connectivity index (χ1) is 7.47. The van der Waals surface area contributed by atoms with E-state index in [1.807, 2.05) is 0 Å². The van der Waals surface area contributed by atoms with Gasteiger partial charge in [-0.1, -0.05) is 11.6 Å². The third kappa shape index (κ3) is 2.89. The van der Waals surface area contributed by atoms with Gasteiger partial charge in [0.15, 0.2) is 0 Å². The fourth-order valence-electron chi connectivity index (χ4n) is 1.30. The molecular formula is C10H12ClF2NO2. The van der Waals surface area contributed by atoms with Gasteiger partial charge in [0.2, 0.25) is 0 Å². The van der Waals surface area contributed by atoms with Crippen LogP contribution in [0.4, 0.5) is 8.78 Å². The van der Waals surface area contributed by atoms with Crippen LogP contribution >= 0.6 is 11.6 Å². The lowest BCUT2D eigenvalue weighted by Gasteiger charge is -2.17. The van der Waals surface area contributed by atoms with Crippen molar-refractivity contribution in [1.29, 1.82) is 0 Å². The van der Waals surface area contributed by atoms with Gasteiger partial charge in [-0.15, -0.1) is 0 Å². The standard InChI is InChI=1S/C10H12ClF2NO2/c11-9-6(12)3-5(4-7(9)13)10(16)8(15)1-2-14/h3-4,8,10,15-16H,1-2,14H2. The van der Waals surface area contributed by atoms with E-state index in [0.717, 1.165) is 12.1 Å². The highest BCUT2D eigenvalue weighted by Crippen LogP contribution is 2.26. The predicted molar refractivity (Wildman–Crippen MR) is 56.0 cm³/mol. The average molecular weight is 252 g/mol. The van der Waals surface area contributed by atoms with Gasteiger partial charge in [0.05, 0.1) is 6.10 Å².